The zero-order valence-electron chi connectivity index (χ0n) is 18.0. The van der Waals surface area contributed by atoms with Crippen LogP contribution in [0.1, 0.15) is 26.3 Å². The van der Waals surface area contributed by atoms with Crippen molar-refractivity contribution in [1.82, 2.24) is 10.9 Å². The first-order valence-corrected chi connectivity index (χ1v) is 10.7. The minimum atomic E-state index is -0.403. The van der Waals surface area contributed by atoms with E-state index < -0.39 is 5.91 Å². The van der Waals surface area contributed by atoms with Gasteiger partial charge in [0.25, 0.3) is 11.8 Å². The topological polar surface area (TPSA) is 67.4 Å². The van der Waals surface area contributed by atoms with Crippen LogP contribution < -0.4 is 15.6 Å². The van der Waals surface area contributed by atoms with E-state index >= 15 is 0 Å². The van der Waals surface area contributed by atoms with E-state index in [0.717, 1.165) is 17.5 Å². The van der Waals surface area contributed by atoms with Crippen molar-refractivity contribution in [2.45, 2.75) is 6.42 Å². The molecule has 4 aromatic rings. The van der Waals surface area contributed by atoms with E-state index in [2.05, 4.69) is 23.0 Å². The van der Waals surface area contributed by atoms with Crippen molar-refractivity contribution in [2.75, 3.05) is 6.61 Å². The van der Waals surface area contributed by atoms with Gasteiger partial charge >= 0.3 is 0 Å². The van der Waals surface area contributed by atoms with Crippen LogP contribution in [0.25, 0.3) is 11.1 Å². The van der Waals surface area contributed by atoms with Crippen LogP contribution in [-0.2, 0) is 6.42 Å². The molecule has 4 aromatic carbocycles. The van der Waals surface area contributed by atoms with Gasteiger partial charge in [-0.25, -0.2) is 0 Å². The van der Waals surface area contributed by atoms with Crippen LogP contribution in [-0.4, -0.2) is 18.4 Å². The molecule has 5 heteroatoms. The molecule has 0 atom stereocenters. The first-order valence-electron chi connectivity index (χ1n) is 10.7. The van der Waals surface area contributed by atoms with Crippen molar-refractivity contribution >= 4 is 11.8 Å². The normalized spacial score (nSPS) is 10.3. The predicted octanol–water partition coefficient (Wildman–Crippen LogP) is 5.05. The number of hydrogen-bond donors (Lipinski definition) is 2. The van der Waals surface area contributed by atoms with E-state index in [9.17, 15) is 9.59 Å². The Bertz CT molecular complexity index is 1190. The Kier molecular flexibility index (Phi) is 7.13. The van der Waals surface area contributed by atoms with Crippen molar-refractivity contribution in [3.05, 3.63) is 126 Å². The number of carbonyl (C=O) groups is 2. The molecule has 0 saturated carbocycles. The average Bonchev–Trinajstić information content (AvgIpc) is 2.89. The summed E-state index contributed by atoms with van der Waals surface area (Å²) in [7, 11) is 0. The highest BCUT2D eigenvalue weighted by atomic mass is 16.5. The number of amides is 2. The fourth-order valence-corrected chi connectivity index (χ4v) is 3.34. The number of benzene rings is 4. The van der Waals surface area contributed by atoms with E-state index in [0.29, 0.717) is 23.5 Å². The summed E-state index contributed by atoms with van der Waals surface area (Å²) >= 11 is 0. The molecule has 164 valence electrons. The van der Waals surface area contributed by atoms with Crippen LogP contribution in [0, 0.1) is 0 Å². The van der Waals surface area contributed by atoms with Crippen molar-refractivity contribution in [3.8, 4) is 16.9 Å². The number of rotatable bonds is 7. The molecule has 0 aliphatic heterocycles. The number of nitrogens with one attached hydrogen (secondary N) is 2. The van der Waals surface area contributed by atoms with Crippen molar-refractivity contribution in [3.63, 3.8) is 0 Å². The Morgan fingerprint density at radius 3 is 1.64 bits per heavy atom. The van der Waals surface area contributed by atoms with Gasteiger partial charge in [-0.2, -0.15) is 0 Å². The quantitative estimate of drug-likeness (QED) is 0.399. The first kappa shape index (κ1) is 21.8. The van der Waals surface area contributed by atoms with E-state index in [1.54, 1.807) is 36.4 Å². The fraction of sp³-hybridized carbons (Fsp3) is 0.0714. The van der Waals surface area contributed by atoms with Gasteiger partial charge in [0, 0.05) is 17.5 Å². The molecule has 0 aliphatic rings. The molecule has 33 heavy (non-hydrogen) atoms. The minimum Gasteiger partial charge on any atom is -0.493 e. The highest BCUT2D eigenvalue weighted by Gasteiger charge is 2.10. The second-order valence-electron chi connectivity index (χ2n) is 7.46. The highest BCUT2D eigenvalue weighted by molar-refractivity contribution is 5.99. The molecule has 2 amide bonds. The minimum absolute atomic E-state index is 0.385. The predicted molar refractivity (Wildman–Crippen MR) is 129 cm³/mol. The van der Waals surface area contributed by atoms with Crippen LogP contribution in [0.3, 0.4) is 0 Å². The van der Waals surface area contributed by atoms with Gasteiger partial charge in [-0.05, 0) is 53.1 Å². The lowest BCUT2D eigenvalue weighted by atomic mass is 10.0. The second-order valence-corrected chi connectivity index (χ2v) is 7.46. The van der Waals surface area contributed by atoms with Gasteiger partial charge in [0.2, 0.25) is 0 Å². The third-order valence-corrected chi connectivity index (χ3v) is 5.16. The van der Waals surface area contributed by atoms with Crippen molar-refractivity contribution < 1.29 is 14.3 Å². The molecule has 5 nitrogen and oxygen atoms in total. The molecular formula is C28H24N2O3. The summed E-state index contributed by atoms with van der Waals surface area (Å²) in [6.07, 6.45) is 0.807. The number of ether oxygens (including phenoxy) is 1. The van der Waals surface area contributed by atoms with Gasteiger partial charge in [-0.15, -0.1) is 0 Å². The summed E-state index contributed by atoms with van der Waals surface area (Å²) in [6.45, 7) is 0.550. The SMILES string of the molecule is O=C(NNC(=O)c1ccc(-c2ccccc2)cc1)c1ccc(OCCc2ccccc2)cc1. The third kappa shape index (κ3) is 6.08. The molecule has 0 saturated heterocycles. The highest BCUT2D eigenvalue weighted by Crippen LogP contribution is 2.19. The maximum absolute atomic E-state index is 12.4. The zero-order chi connectivity index (χ0) is 22.9. The summed E-state index contributed by atoms with van der Waals surface area (Å²) in [4.78, 5) is 24.7. The lowest BCUT2D eigenvalue weighted by Crippen LogP contribution is -2.41. The van der Waals surface area contributed by atoms with E-state index in [-0.39, 0.29) is 5.91 Å². The Balaban J connectivity index is 1.25. The molecule has 0 bridgehead atoms. The Morgan fingerprint density at radius 2 is 1.06 bits per heavy atom. The monoisotopic (exact) mass is 436 g/mol. The maximum Gasteiger partial charge on any atom is 0.269 e. The van der Waals surface area contributed by atoms with Crippen LogP contribution >= 0.6 is 0 Å². The molecule has 0 radical (unpaired) electrons. The summed E-state index contributed by atoms with van der Waals surface area (Å²) in [5.41, 5.74) is 9.08. The Hall–Kier alpha value is -4.38. The van der Waals surface area contributed by atoms with Gasteiger partial charge < -0.3 is 4.74 Å². The van der Waals surface area contributed by atoms with Gasteiger partial charge in [0.05, 0.1) is 6.61 Å². The summed E-state index contributed by atoms with van der Waals surface area (Å²) < 4.78 is 5.74. The lowest BCUT2D eigenvalue weighted by molar-refractivity contribution is 0.0846. The molecule has 0 heterocycles. The van der Waals surface area contributed by atoms with Crippen LogP contribution in [0.15, 0.2) is 109 Å². The van der Waals surface area contributed by atoms with Gasteiger partial charge in [-0.3, -0.25) is 20.4 Å². The van der Waals surface area contributed by atoms with Crippen molar-refractivity contribution in [2.24, 2.45) is 0 Å². The van der Waals surface area contributed by atoms with Crippen molar-refractivity contribution in [1.29, 1.82) is 0 Å². The molecular weight excluding hydrogens is 412 g/mol. The third-order valence-electron chi connectivity index (χ3n) is 5.16. The van der Waals surface area contributed by atoms with Crippen LogP contribution in [0.4, 0.5) is 0 Å². The second kappa shape index (κ2) is 10.8. The molecule has 4 rings (SSSR count). The molecule has 0 unspecified atom stereocenters. The van der Waals surface area contributed by atoms with Crippen LogP contribution in [0.5, 0.6) is 5.75 Å². The Labute approximate surface area is 193 Å². The summed E-state index contributed by atoms with van der Waals surface area (Å²) in [5, 5.41) is 0. The summed E-state index contributed by atoms with van der Waals surface area (Å²) in [5.74, 6) is -0.103. The molecule has 0 spiro atoms. The van der Waals surface area contributed by atoms with E-state index in [1.807, 2.05) is 60.7 Å². The van der Waals surface area contributed by atoms with Gasteiger partial charge in [0.1, 0.15) is 5.75 Å². The lowest BCUT2D eigenvalue weighted by Gasteiger charge is -2.09. The molecule has 2 N–H and O–H groups in total. The van der Waals surface area contributed by atoms with Crippen LogP contribution in [0.2, 0.25) is 0 Å². The number of hydrazine groups is 1. The smallest absolute Gasteiger partial charge is 0.269 e. The largest absolute Gasteiger partial charge is 0.493 e. The van der Waals surface area contributed by atoms with E-state index in [1.165, 1.54) is 5.56 Å². The maximum atomic E-state index is 12.4. The molecule has 0 aromatic heterocycles. The standard InChI is InChI=1S/C28H24N2O3/c31-27(24-13-11-23(12-14-24)22-9-5-2-6-10-22)29-30-28(32)25-15-17-26(18-16-25)33-20-19-21-7-3-1-4-8-21/h1-18H,19-20H2,(H,29,31)(H,30,32). The fourth-order valence-electron chi connectivity index (χ4n) is 3.34. The zero-order valence-corrected chi connectivity index (χ0v) is 18.0. The Morgan fingerprint density at radius 1 is 0.576 bits per heavy atom. The number of hydrogen-bond acceptors (Lipinski definition) is 3. The molecule has 0 aliphatic carbocycles. The van der Waals surface area contributed by atoms with Gasteiger partial charge in [-0.1, -0.05) is 72.8 Å². The van der Waals surface area contributed by atoms with E-state index in [4.69, 9.17) is 4.74 Å². The molecule has 0 fully saturated rings. The first-order chi connectivity index (χ1) is 16.2. The average molecular weight is 437 g/mol. The summed E-state index contributed by atoms with van der Waals surface area (Å²) in [6, 6.07) is 34.0. The van der Waals surface area contributed by atoms with Gasteiger partial charge in [0.15, 0.2) is 0 Å². The number of carbonyl (C=O) groups excluding carboxylic acids is 2.